The summed E-state index contributed by atoms with van der Waals surface area (Å²) in [5.41, 5.74) is 4.76. The van der Waals surface area contributed by atoms with Crippen LogP contribution in [0.25, 0.3) is 11.3 Å². The zero-order valence-electron chi connectivity index (χ0n) is 20.4. The third-order valence-corrected chi connectivity index (χ3v) is 6.15. The maximum atomic E-state index is 12.9. The number of rotatable bonds is 7. The molecule has 8 heteroatoms. The lowest BCUT2D eigenvalue weighted by atomic mass is 10.1. The Kier molecular flexibility index (Phi) is 6.75. The number of aromatic nitrogens is 3. The van der Waals surface area contributed by atoms with Crippen molar-refractivity contribution in [3.8, 4) is 22.9 Å². The summed E-state index contributed by atoms with van der Waals surface area (Å²) < 4.78 is 6.18. The lowest BCUT2D eigenvalue weighted by Gasteiger charge is -2.18. The van der Waals surface area contributed by atoms with Crippen LogP contribution in [0.15, 0.2) is 73.1 Å². The maximum Gasteiger partial charge on any atom is 0.255 e. The molecule has 5 rings (SSSR count). The van der Waals surface area contributed by atoms with Gasteiger partial charge in [-0.15, -0.1) is 0 Å². The fraction of sp³-hybridized carbons (Fsp3) is 0.214. The smallest absolute Gasteiger partial charge is 0.255 e. The number of pyridine rings is 1. The molecule has 0 radical (unpaired) electrons. The highest BCUT2D eigenvalue weighted by atomic mass is 16.5. The van der Waals surface area contributed by atoms with Crippen LogP contribution in [0.2, 0.25) is 0 Å². The fourth-order valence-electron chi connectivity index (χ4n) is 4.26. The number of nitrogens with one attached hydrogen (secondary N) is 2. The van der Waals surface area contributed by atoms with Gasteiger partial charge in [-0.2, -0.15) is 0 Å². The predicted octanol–water partition coefficient (Wildman–Crippen LogP) is 5.53. The summed E-state index contributed by atoms with van der Waals surface area (Å²) in [6.07, 6.45) is 5.76. The Bertz CT molecular complexity index is 1380. The van der Waals surface area contributed by atoms with Gasteiger partial charge in [-0.05, 0) is 79.9 Å². The third-order valence-electron chi connectivity index (χ3n) is 6.15. The molecule has 8 nitrogen and oxygen atoms in total. The van der Waals surface area contributed by atoms with Crippen molar-refractivity contribution in [1.29, 1.82) is 0 Å². The Morgan fingerprint density at radius 2 is 1.83 bits per heavy atom. The van der Waals surface area contributed by atoms with Gasteiger partial charge in [0, 0.05) is 49.5 Å². The Hall–Kier alpha value is -4.46. The van der Waals surface area contributed by atoms with E-state index in [4.69, 9.17) is 4.74 Å². The number of hydrogen-bond acceptors (Lipinski definition) is 7. The molecule has 2 aromatic heterocycles. The lowest BCUT2D eigenvalue weighted by Crippen LogP contribution is -2.19. The number of hydrogen-bond donors (Lipinski definition) is 2. The molecule has 36 heavy (non-hydrogen) atoms. The van der Waals surface area contributed by atoms with Gasteiger partial charge in [-0.1, -0.05) is 6.07 Å². The van der Waals surface area contributed by atoms with E-state index in [9.17, 15) is 4.79 Å². The molecule has 1 saturated heterocycles. The molecule has 2 aromatic carbocycles. The average Bonchev–Trinajstić information content (AvgIpc) is 3.46. The molecule has 0 aliphatic carbocycles. The minimum Gasteiger partial charge on any atom is -0.438 e. The van der Waals surface area contributed by atoms with Crippen molar-refractivity contribution in [3.63, 3.8) is 0 Å². The second kappa shape index (κ2) is 10.4. The zero-order chi connectivity index (χ0) is 24.9. The minimum atomic E-state index is -0.139. The summed E-state index contributed by atoms with van der Waals surface area (Å²) in [6.45, 7) is 4.01. The number of nitrogens with zero attached hydrogens (tertiary/aromatic N) is 4. The molecule has 2 N–H and O–H groups in total. The third kappa shape index (κ3) is 5.12. The minimum absolute atomic E-state index is 0.139. The van der Waals surface area contributed by atoms with Crippen LogP contribution >= 0.6 is 0 Å². The van der Waals surface area contributed by atoms with Gasteiger partial charge in [0.15, 0.2) is 0 Å². The van der Waals surface area contributed by atoms with Gasteiger partial charge in [-0.25, -0.2) is 15.0 Å². The average molecular weight is 481 g/mol. The summed E-state index contributed by atoms with van der Waals surface area (Å²) >= 11 is 0. The number of carbonyl (C=O) groups excluding carboxylic acids is 1. The highest BCUT2D eigenvalue weighted by molar-refractivity contribution is 6.04. The van der Waals surface area contributed by atoms with E-state index in [1.807, 2.05) is 61.5 Å². The summed E-state index contributed by atoms with van der Waals surface area (Å²) in [5, 5.41) is 5.95. The molecule has 3 heterocycles. The van der Waals surface area contributed by atoms with E-state index >= 15 is 0 Å². The predicted molar refractivity (Wildman–Crippen MR) is 142 cm³/mol. The van der Waals surface area contributed by atoms with Crippen molar-refractivity contribution in [2.75, 3.05) is 35.7 Å². The van der Waals surface area contributed by atoms with Crippen molar-refractivity contribution in [3.05, 3.63) is 84.2 Å². The fourth-order valence-corrected chi connectivity index (χ4v) is 4.26. The molecular weight excluding hydrogens is 452 g/mol. The van der Waals surface area contributed by atoms with Crippen LogP contribution in [0.4, 0.5) is 17.3 Å². The van der Waals surface area contributed by atoms with Gasteiger partial charge >= 0.3 is 0 Å². The molecule has 0 spiro atoms. The van der Waals surface area contributed by atoms with E-state index < -0.39 is 0 Å². The summed E-state index contributed by atoms with van der Waals surface area (Å²) in [4.78, 5) is 28.3. The Morgan fingerprint density at radius 3 is 2.64 bits per heavy atom. The van der Waals surface area contributed by atoms with Crippen LogP contribution < -0.4 is 20.3 Å². The molecular formula is C28H28N6O2. The van der Waals surface area contributed by atoms with Crippen LogP contribution in [0.5, 0.6) is 11.6 Å². The van der Waals surface area contributed by atoms with Crippen LogP contribution in [-0.4, -0.2) is 41.0 Å². The van der Waals surface area contributed by atoms with Gasteiger partial charge in [0.05, 0.1) is 11.3 Å². The Labute approximate surface area is 210 Å². The van der Waals surface area contributed by atoms with Crippen molar-refractivity contribution in [2.24, 2.45) is 0 Å². The molecule has 4 aromatic rings. The van der Waals surface area contributed by atoms with Crippen LogP contribution in [-0.2, 0) is 0 Å². The summed E-state index contributed by atoms with van der Waals surface area (Å²) in [7, 11) is 1.77. The number of anilines is 3. The maximum absolute atomic E-state index is 12.9. The largest absolute Gasteiger partial charge is 0.438 e. The number of carbonyl (C=O) groups is 1. The number of benzene rings is 2. The monoisotopic (exact) mass is 480 g/mol. The molecule has 1 aliphatic heterocycles. The number of aryl methyl sites for hydroxylation is 1. The van der Waals surface area contributed by atoms with Crippen LogP contribution in [0, 0.1) is 6.92 Å². The highest BCUT2D eigenvalue weighted by Gasteiger charge is 2.16. The first-order valence-corrected chi connectivity index (χ1v) is 12.0. The highest BCUT2D eigenvalue weighted by Crippen LogP contribution is 2.33. The van der Waals surface area contributed by atoms with E-state index in [0.717, 1.165) is 29.9 Å². The first-order chi connectivity index (χ1) is 17.6. The summed E-state index contributed by atoms with van der Waals surface area (Å²) in [6, 6.07) is 18.9. The van der Waals surface area contributed by atoms with Gasteiger partial charge in [0.2, 0.25) is 11.8 Å². The second-order valence-corrected chi connectivity index (χ2v) is 8.65. The standard InChI is InChI=1S/C28H28N6O2/c1-19-17-21(32-26(35)20-7-5-8-22(18-20)34-15-3-4-16-34)10-11-25(19)36-27-23(9-6-13-30-27)24-12-14-31-28(29-2)33-24/h5-14,17-18H,3-4,15-16H2,1-2H3,(H,32,35)(H,29,31,33). The normalized spacial score (nSPS) is 12.9. The SMILES string of the molecule is CNc1nccc(-c2cccnc2Oc2ccc(NC(=O)c3cccc(N4CCCC4)c3)cc2C)n1. The molecule has 182 valence electrons. The van der Waals surface area contributed by atoms with Gasteiger partial charge in [0.25, 0.3) is 5.91 Å². The Balaban J connectivity index is 1.32. The molecule has 1 aliphatic rings. The van der Waals surface area contributed by atoms with Crippen molar-refractivity contribution in [2.45, 2.75) is 19.8 Å². The van der Waals surface area contributed by atoms with E-state index in [1.165, 1.54) is 12.8 Å². The number of amides is 1. The first-order valence-electron chi connectivity index (χ1n) is 12.0. The van der Waals surface area contributed by atoms with Gasteiger partial charge in [-0.3, -0.25) is 4.79 Å². The van der Waals surface area contributed by atoms with Crippen molar-refractivity contribution >= 4 is 23.2 Å². The van der Waals surface area contributed by atoms with E-state index in [1.54, 1.807) is 19.4 Å². The molecule has 1 amide bonds. The van der Waals surface area contributed by atoms with E-state index in [-0.39, 0.29) is 5.91 Å². The van der Waals surface area contributed by atoms with Gasteiger partial charge in [0.1, 0.15) is 5.75 Å². The van der Waals surface area contributed by atoms with Crippen LogP contribution in [0.3, 0.4) is 0 Å². The van der Waals surface area contributed by atoms with E-state index in [2.05, 4.69) is 36.6 Å². The van der Waals surface area contributed by atoms with Crippen molar-refractivity contribution < 1.29 is 9.53 Å². The van der Waals surface area contributed by atoms with E-state index in [0.29, 0.717) is 34.5 Å². The van der Waals surface area contributed by atoms with Crippen molar-refractivity contribution in [1.82, 2.24) is 15.0 Å². The topological polar surface area (TPSA) is 92.3 Å². The Morgan fingerprint density at radius 1 is 0.972 bits per heavy atom. The molecule has 0 saturated carbocycles. The molecule has 1 fully saturated rings. The quantitative estimate of drug-likeness (QED) is 0.359. The lowest BCUT2D eigenvalue weighted by molar-refractivity contribution is 0.102. The second-order valence-electron chi connectivity index (χ2n) is 8.65. The van der Waals surface area contributed by atoms with Gasteiger partial charge < -0.3 is 20.3 Å². The van der Waals surface area contributed by atoms with Crippen LogP contribution in [0.1, 0.15) is 28.8 Å². The first kappa shape index (κ1) is 23.3. The molecule has 0 bridgehead atoms. The zero-order valence-corrected chi connectivity index (χ0v) is 20.4. The molecule has 0 atom stereocenters. The number of ether oxygens (including phenoxy) is 1. The molecule has 0 unspecified atom stereocenters. The summed E-state index contributed by atoms with van der Waals surface area (Å²) in [5.74, 6) is 1.47.